The van der Waals surface area contributed by atoms with E-state index in [1.807, 2.05) is 19.9 Å². The van der Waals surface area contributed by atoms with E-state index in [1.54, 1.807) is 12.3 Å². The number of hydrogen-bond donors (Lipinski definition) is 2. The highest BCUT2D eigenvalue weighted by molar-refractivity contribution is 5.67. The van der Waals surface area contributed by atoms with E-state index in [0.717, 1.165) is 5.69 Å². The molecule has 0 bridgehead atoms. The van der Waals surface area contributed by atoms with Crippen molar-refractivity contribution in [3.8, 4) is 5.88 Å². The smallest absolute Gasteiger partial charge is 0.305 e. The lowest BCUT2D eigenvalue weighted by molar-refractivity contribution is -0.136. The van der Waals surface area contributed by atoms with Crippen molar-refractivity contribution in [2.24, 2.45) is 0 Å². The fourth-order valence-corrected chi connectivity index (χ4v) is 1.15. The Kier molecular flexibility index (Phi) is 4.57. The molecule has 5 heteroatoms. The number of nitrogens with zero attached hydrogens (tertiary/aromatic N) is 1. The van der Waals surface area contributed by atoms with Crippen LogP contribution in [0.4, 0.5) is 5.69 Å². The minimum absolute atomic E-state index is 0.0370. The third kappa shape index (κ3) is 4.16. The number of aromatic nitrogens is 1. The predicted molar refractivity (Wildman–Crippen MR) is 60.7 cm³/mol. The molecule has 0 amide bonds. The van der Waals surface area contributed by atoms with Crippen molar-refractivity contribution >= 4 is 11.7 Å². The highest BCUT2D eigenvalue weighted by atomic mass is 16.5. The second-order valence-electron chi connectivity index (χ2n) is 3.59. The number of carbonyl (C=O) groups is 1. The van der Waals surface area contributed by atoms with Gasteiger partial charge in [-0.05, 0) is 26.0 Å². The second-order valence-corrected chi connectivity index (χ2v) is 3.59. The number of aliphatic carboxylic acids is 1. The molecule has 1 aromatic rings. The van der Waals surface area contributed by atoms with Gasteiger partial charge in [0, 0.05) is 12.7 Å². The molecule has 0 aliphatic heterocycles. The number of hydrogen-bond acceptors (Lipinski definition) is 4. The van der Waals surface area contributed by atoms with Crippen LogP contribution in [0.1, 0.15) is 20.3 Å². The number of nitrogens with one attached hydrogen (secondary N) is 1. The van der Waals surface area contributed by atoms with Crippen LogP contribution in [0.5, 0.6) is 5.88 Å². The zero-order chi connectivity index (χ0) is 12.0. The number of ether oxygens (including phenoxy) is 1. The van der Waals surface area contributed by atoms with Crippen LogP contribution >= 0.6 is 0 Å². The van der Waals surface area contributed by atoms with E-state index < -0.39 is 5.97 Å². The summed E-state index contributed by atoms with van der Waals surface area (Å²) in [5.74, 6) is -0.328. The monoisotopic (exact) mass is 224 g/mol. The zero-order valence-electron chi connectivity index (χ0n) is 9.43. The molecule has 0 fully saturated rings. The van der Waals surface area contributed by atoms with Crippen molar-refractivity contribution in [2.45, 2.75) is 26.4 Å². The molecule has 0 aromatic carbocycles. The van der Waals surface area contributed by atoms with Crippen LogP contribution in [0.2, 0.25) is 0 Å². The minimum atomic E-state index is -0.831. The Hall–Kier alpha value is -1.78. The molecule has 0 saturated heterocycles. The first-order chi connectivity index (χ1) is 7.59. The first-order valence-corrected chi connectivity index (χ1v) is 5.17. The fraction of sp³-hybridized carbons (Fsp3) is 0.455. The molecule has 0 atom stereocenters. The molecular formula is C11H16N2O3. The summed E-state index contributed by atoms with van der Waals surface area (Å²) in [6.45, 7) is 4.18. The summed E-state index contributed by atoms with van der Waals surface area (Å²) >= 11 is 0. The van der Waals surface area contributed by atoms with E-state index in [4.69, 9.17) is 9.84 Å². The number of carboxylic acids is 1. The standard InChI is InChI=1S/C11H16N2O3/c1-8(2)16-11-9(4-3-6-13-11)12-7-5-10(14)15/h3-4,6,8,12H,5,7H2,1-2H3,(H,14,15). The van der Waals surface area contributed by atoms with Gasteiger partial charge in [0.15, 0.2) is 0 Å². The van der Waals surface area contributed by atoms with E-state index >= 15 is 0 Å². The van der Waals surface area contributed by atoms with E-state index in [2.05, 4.69) is 10.3 Å². The molecule has 2 N–H and O–H groups in total. The zero-order valence-corrected chi connectivity index (χ0v) is 9.43. The number of rotatable bonds is 6. The quantitative estimate of drug-likeness (QED) is 0.770. The molecular weight excluding hydrogens is 208 g/mol. The molecule has 5 nitrogen and oxygen atoms in total. The average molecular weight is 224 g/mol. The maximum Gasteiger partial charge on any atom is 0.305 e. The lowest BCUT2D eigenvalue weighted by atomic mass is 10.3. The number of pyridine rings is 1. The molecule has 0 unspecified atom stereocenters. The van der Waals surface area contributed by atoms with Crippen LogP contribution in [-0.2, 0) is 4.79 Å². The fourth-order valence-electron chi connectivity index (χ4n) is 1.15. The summed E-state index contributed by atoms with van der Waals surface area (Å²) < 4.78 is 5.48. The first-order valence-electron chi connectivity index (χ1n) is 5.17. The Morgan fingerprint density at radius 3 is 3.00 bits per heavy atom. The van der Waals surface area contributed by atoms with Crippen LogP contribution in [-0.4, -0.2) is 28.7 Å². The lowest BCUT2D eigenvalue weighted by Crippen LogP contribution is -2.12. The summed E-state index contributed by atoms with van der Waals surface area (Å²) in [6.07, 6.45) is 1.74. The van der Waals surface area contributed by atoms with Crippen molar-refractivity contribution < 1.29 is 14.6 Å². The van der Waals surface area contributed by atoms with Gasteiger partial charge in [0.05, 0.1) is 18.2 Å². The molecule has 1 rings (SSSR count). The lowest BCUT2D eigenvalue weighted by Gasteiger charge is -2.13. The van der Waals surface area contributed by atoms with Crippen molar-refractivity contribution in [2.75, 3.05) is 11.9 Å². The van der Waals surface area contributed by atoms with Crippen LogP contribution in [0.3, 0.4) is 0 Å². The summed E-state index contributed by atoms with van der Waals surface area (Å²) in [4.78, 5) is 14.4. The van der Waals surface area contributed by atoms with Gasteiger partial charge in [0.2, 0.25) is 5.88 Å². The molecule has 1 heterocycles. The second kappa shape index (κ2) is 5.95. The maximum atomic E-state index is 10.4. The summed E-state index contributed by atoms with van der Waals surface area (Å²) in [7, 11) is 0. The molecule has 0 radical (unpaired) electrons. The van der Waals surface area contributed by atoms with Crippen molar-refractivity contribution in [3.63, 3.8) is 0 Å². The van der Waals surface area contributed by atoms with Gasteiger partial charge in [-0.1, -0.05) is 0 Å². The van der Waals surface area contributed by atoms with Gasteiger partial charge in [-0.3, -0.25) is 4.79 Å². The van der Waals surface area contributed by atoms with E-state index in [-0.39, 0.29) is 12.5 Å². The Morgan fingerprint density at radius 1 is 1.62 bits per heavy atom. The van der Waals surface area contributed by atoms with Gasteiger partial charge >= 0.3 is 5.97 Å². The summed E-state index contributed by atoms with van der Waals surface area (Å²) in [5, 5.41) is 11.5. The van der Waals surface area contributed by atoms with Gasteiger partial charge < -0.3 is 15.2 Å². The van der Waals surface area contributed by atoms with E-state index in [0.29, 0.717) is 12.4 Å². The molecule has 88 valence electrons. The Balaban J connectivity index is 2.60. The Bertz CT molecular complexity index is 353. The molecule has 0 spiro atoms. The van der Waals surface area contributed by atoms with Crippen LogP contribution in [0.25, 0.3) is 0 Å². The van der Waals surface area contributed by atoms with Gasteiger partial charge in [-0.25, -0.2) is 4.98 Å². The highest BCUT2D eigenvalue weighted by Gasteiger charge is 2.06. The molecule has 0 aliphatic carbocycles. The van der Waals surface area contributed by atoms with Crippen LogP contribution in [0.15, 0.2) is 18.3 Å². The minimum Gasteiger partial charge on any atom is -0.481 e. The first kappa shape index (κ1) is 12.3. The van der Waals surface area contributed by atoms with Crippen LogP contribution < -0.4 is 10.1 Å². The summed E-state index contributed by atoms with van der Waals surface area (Å²) in [5.41, 5.74) is 0.720. The van der Waals surface area contributed by atoms with Crippen molar-refractivity contribution in [1.29, 1.82) is 0 Å². The van der Waals surface area contributed by atoms with Gasteiger partial charge in [0.1, 0.15) is 0 Å². The Labute approximate surface area is 94.5 Å². The largest absolute Gasteiger partial charge is 0.481 e. The number of anilines is 1. The highest BCUT2D eigenvalue weighted by Crippen LogP contribution is 2.21. The van der Waals surface area contributed by atoms with E-state index in [1.165, 1.54) is 0 Å². The molecule has 1 aromatic heterocycles. The van der Waals surface area contributed by atoms with Gasteiger partial charge in [-0.15, -0.1) is 0 Å². The van der Waals surface area contributed by atoms with Gasteiger partial charge in [0.25, 0.3) is 0 Å². The molecule has 0 saturated carbocycles. The predicted octanol–water partition coefficient (Wildman–Crippen LogP) is 1.76. The van der Waals surface area contributed by atoms with Crippen LogP contribution in [0, 0.1) is 0 Å². The SMILES string of the molecule is CC(C)Oc1ncccc1NCCC(=O)O. The Morgan fingerprint density at radius 2 is 2.38 bits per heavy atom. The maximum absolute atomic E-state index is 10.4. The third-order valence-electron chi connectivity index (χ3n) is 1.77. The van der Waals surface area contributed by atoms with E-state index in [9.17, 15) is 4.79 Å². The average Bonchev–Trinajstić information content (AvgIpc) is 2.19. The van der Waals surface area contributed by atoms with Crippen molar-refractivity contribution in [1.82, 2.24) is 4.98 Å². The van der Waals surface area contributed by atoms with Crippen molar-refractivity contribution in [3.05, 3.63) is 18.3 Å². The van der Waals surface area contributed by atoms with Gasteiger partial charge in [-0.2, -0.15) is 0 Å². The normalized spacial score (nSPS) is 10.2. The topological polar surface area (TPSA) is 71.5 Å². The molecule has 16 heavy (non-hydrogen) atoms. The third-order valence-corrected chi connectivity index (χ3v) is 1.77. The molecule has 0 aliphatic rings. The number of carboxylic acid groups (broad SMARTS) is 1. The summed E-state index contributed by atoms with van der Waals surface area (Å²) in [6, 6.07) is 3.59.